The van der Waals surface area contributed by atoms with Crippen molar-refractivity contribution in [2.75, 3.05) is 33.3 Å². The number of hydrogen-bond donors (Lipinski definition) is 3. The Bertz CT molecular complexity index is 240. The highest BCUT2D eigenvalue weighted by Crippen LogP contribution is 2.18. The fourth-order valence-corrected chi connectivity index (χ4v) is 2.28. The summed E-state index contributed by atoms with van der Waals surface area (Å²) in [6.07, 6.45) is 4.14. The van der Waals surface area contributed by atoms with Gasteiger partial charge in [0.1, 0.15) is 0 Å². The number of carbonyl (C=O) groups excluding carboxylic acids is 1. The summed E-state index contributed by atoms with van der Waals surface area (Å²) in [7, 11) is 2.16. The van der Waals surface area contributed by atoms with E-state index in [-0.39, 0.29) is 18.7 Å². The Morgan fingerprint density at radius 1 is 1.44 bits per heavy atom. The number of likely N-dealkylation sites (tertiary alicyclic amines) is 1. The van der Waals surface area contributed by atoms with Gasteiger partial charge in [0.05, 0.1) is 0 Å². The summed E-state index contributed by atoms with van der Waals surface area (Å²) in [6, 6.07) is -0.0952. The highest BCUT2D eigenvalue weighted by Gasteiger charge is 2.16. The standard InChI is InChI=1S/C13H27N3O2/c1-11(6-10-17)15-13(18)14-7-3-12-4-8-16(2)9-5-12/h11-12,17H,3-10H2,1-2H3,(H2,14,15,18)/t11-/m1/s1. The van der Waals surface area contributed by atoms with Crippen LogP contribution in [0.1, 0.15) is 32.6 Å². The third-order valence-electron chi connectivity index (χ3n) is 3.62. The van der Waals surface area contributed by atoms with Gasteiger partial charge < -0.3 is 20.6 Å². The molecule has 5 heteroatoms. The van der Waals surface area contributed by atoms with Crippen molar-refractivity contribution in [3.8, 4) is 0 Å². The fourth-order valence-electron chi connectivity index (χ4n) is 2.28. The monoisotopic (exact) mass is 257 g/mol. The van der Waals surface area contributed by atoms with Crippen molar-refractivity contribution < 1.29 is 9.90 Å². The molecule has 1 saturated heterocycles. The Morgan fingerprint density at radius 2 is 2.11 bits per heavy atom. The number of piperidine rings is 1. The van der Waals surface area contributed by atoms with Gasteiger partial charge in [0.15, 0.2) is 0 Å². The van der Waals surface area contributed by atoms with Gasteiger partial charge in [-0.25, -0.2) is 4.79 Å². The van der Waals surface area contributed by atoms with Gasteiger partial charge in [-0.1, -0.05) is 0 Å². The van der Waals surface area contributed by atoms with Crippen molar-refractivity contribution in [1.82, 2.24) is 15.5 Å². The number of rotatable bonds is 6. The summed E-state index contributed by atoms with van der Waals surface area (Å²) < 4.78 is 0. The largest absolute Gasteiger partial charge is 0.396 e. The number of hydrogen-bond acceptors (Lipinski definition) is 3. The van der Waals surface area contributed by atoms with E-state index in [1.807, 2.05) is 6.92 Å². The zero-order valence-corrected chi connectivity index (χ0v) is 11.6. The molecule has 0 aromatic rings. The van der Waals surface area contributed by atoms with E-state index in [9.17, 15) is 4.79 Å². The predicted molar refractivity (Wildman–Crippen MR) is 72.5 cm³/mol. The maximum Gasteiger partial charge on any atom is 0.314 e. The lowest BCUT2D eigenvalue weighted by Crippen LogP contribution is -2.42. The van der Waals surface area contributed by atoms with E-state index in [2.05, 4.69) is 22.6 Å². The molecule has 2 amide bonds. The zero-order chi connectivity index (χ0) is 13.4. The number of urea groups is 1. The van der Waals surface area contributed by atoms with Gasteiger partial charge in [0.2, 0.25) is 0 Å². The van der Waals surface area contributed by atoms with Crippen LogP contribution >= 0.6 is 0 Å². The summed E-state index contributed by atoms with van der Waals surface area (Å²) in [5.41, 5.74) is 0. The lowest BCUT2D eigenvalue weighted by Gasteiger charge is -2.28. The highest BCUT2D eigenvalue weighted by molar-refractivity contribution is 5.74. The molecule has 1 heterocycles. The van der Waals surface area contributed by atoms with Crippen LogP contribution in [-0.2, 0) is 0 Å². The van der Waals surface area contributed by atoms with Crippen molar-refractivity contribution in [3.63, 3.8) is 0 Å². The number of amides is 2. The average Bonchev–Trinajstić information content (AvgIpc) is 2.32. The summed E-state index contributed by atoms with van der Waals surface area (Å²) in [4.78, 5) is 13.9. The van der Waals surface area contributed by atoms with Crippen LogP contribution in [0.5, 0.6) is 0 Å². The first-order chi connectivity index (χ1) is 8.61. The van der Waals surface area contributed by atoms with E-state index in [1.165, 1.54) is 25.9 Å². The molecule has 1 rings (SSSR count). The topological polar surface area (TPSA) is 64.6 Å². The van der Waals surface area contributed by atoms with E-state index >= 15 is 0 Å². The van der Waals surface area contributed by atoms with Crippen molar-refractivity contribution >= 4 is 6.03 Å². The second kappa shape index (κ2) is 8.32. The third-order valence-corrected chi connectivity index (χ3v) is 3.62. The maximum absolute atomic E-state index is 11.5. The van der Waals surface area contributed by atoms with Crippen LogP contribution in [0.2, 0.25) is 0 Å². The molecule has 0 aliphatic carbocycles. The molecule has 18 heavy (non-hydrogen) atoms. The summed E-state index contributed by atoms with van der Waals surface area (Å²) in [5.74, 6) is 0.747. The Morgan fingerprint density at radius 3 is 2.72 bits per heavy atom. The number of aliphatic hydroxyl groups is 1. The molecule has 0 unspecified atom stereocenters. The van der Waals surface area contributed by atoms with Crippen molar-refractivity contribution in [2.45, 2.75) is 38.6 Å². The Kier molecular flexibility index (Phi) is 7.05. The maximum atomic E-state index is 11.5. The molecular formula is C13H27N3O2. The van der Waals surface area contributed by atoms with Crippen LogP contribution in [0.15, 0.2) is 0 Å². The Balaban J connectivity index is 2.04. The van der Waals surface area contributed by atoms with E-state index in [0.717, 1.165) is 18.9 Å². The predicted octanol–water partition coefficient (Wildman–Crippen LogP) is 0.788. The number of aliphatic hydroxyl groups excluding tert-OH is 1. The summed E-state index contributed by atoms with van der Waals surface area (Å²) >= 11 is 0. The van der Waals surface area contributed by atoms with E-state index < -0.39 is 0 Å². The van der Waals surface area contributed by atoms with Crippen molar-refractivity contribution in [3.05, 3.63) is 0 Å². The van der Waals surface area contributed by atoms with Gasteiger partial charge in [0, 0.05) is 19.2 Å². The van der Waals surface area contributed by atoms with Crippen LogP contribution in [0, 0.1) is 5.92 Å². The first-order valence-electron chi connectivity index (χ1n) is 6.95. The van der Waals surface area contributed by atoms with Crippen LogP contribution in [-0.4, -0.2) is 55.4 Å². The minimum absolute atomic E-state index is 0.0262. The first kappa shape index (κ1) is 15.2. The van der Waals surface area contributed by atoms with Gasteiger partial charge in [-0.3, -0.25) is 0 Å². The Labute approximate surface area is 110 Å². The van der Waals surface area contributed by atoms with Gasteiger partial charge >= 0.3 is 6.03 Å². The lowest BCUT2D eigenvalue weighted by molar-refractivity contribution is 0.208. The SMILES string of the molecule is C[C@H](CCO)NC(=O)NCCC1CCN(C)CC1. The molecule has 1 aliphatic rings. The fraction of sp³-hybridized carbons (Fsp3) is 0.923. The molecule has 0 aromatic heterocycles. The van der Waals surface area contributed by atoms with Crippen molar-refractivity contribution in [1.29, 1.82) is 0 Å². The first-order valence-corrected chi connectivity index (χ1v) is 6.95. The molecule has 1 aliphatic heterocycles. The van der Waals surface area contributed by atoms with Crippen LogP contribution in [0.4, 0.5) is 4.79 Å². The third kappa shape index (κ3) is 6.21. The lowest BCUT2D eigenvalue weighted by atomic mass is 9.94. The van der Waals surface area contributed by atoms with Gasteiger partial charge in [-0.2, -0.15) is 0 Å². The van der Waals surface area contributed by atoms with Gasteiger partial charge in [-0.05, 0) is 58.7 Å². The Hall–Kier alpha value is -0.810. The van der Waals surface area contributed by atoms with E-state index in [0.29, 0.717) is 6.42 Å². The smallest absolute Gasteiger partial charge is 0.314 e. The minimum Gasteiger partial charge on any atom is -0.396 e. The van der Waals surface area contributed by atoms with Crippen LogP contribution in [0.25, 0.3) is 0 Å². The minimum atomic E-state index is -0.121. The number of nitrogens with one attached hydrogen (secondary N) is 2. The second-order valence-corrected chi connectivity index (χ2v) is 5.35. The number of nitrogens with zero attached hydrogens (tertiary/aromatic N) is 1. The van der Waals surface area contributed by atoms with Crippen LogP contribution < -0.4 is 10.6 Å². The molecule has 1 atom stereocenters. The van der Waals surface area contributed by atoms with Crippen molar-refractivity contribution in [2.24, 2.45) is 5.92 Å². The molecule has 0 radical (unpaired) electrons. The molecule has 5 nitrogen and oxygen atoms in total. The molecule has 0 saturated carbocycles. The average molecular weight is 257 g/mol. The molecule has 0 bridgehead atoms. The van der Waals surface area contributed by atoms with E-state index in [1.54, 1.807) is 0 Å². The molecule has 1 fully saturated rings. The molecule has 0 spiro atoms. The summed E-state index contributed by atoms with van der Waals surface area (Å²) in [6.45, 7) is 5.09. The van der Waals surface area contributed by atoms with Gasteiger partial charge in [-0.15, -0.1) is 0 Å². The van der Waals surface area contributed by atoms with Gasteiger partial charge in [0.25, 0.3) is 0 Å². The zero-order valence-electron chi connectivity index (χ0n) is 11.6. The molecule has 3 N–H and O–H groups in total. The number of carbonyl (C=O) groups is 1. The molecular weight excluding hydrogens is 230 g/mol. The van der Waals surface area contributed by atoms with E-state index in [4.69, 9.17) is 5.11 Å². The quantitative estimate of drug-likeness (QED) is 0.659. The second-order valence-electron chi connectivity index (χ2n) is 5.35. The highest BCUT2D eigenvalue weighted by atomic mass is 16.3. The van der Waals surface area contributed by atoms with Crippen LogP contribution in [0.3, 0.4) is 0 Å². The molecule has 0 aromatic carbocycles. The normalized spacial score (nSPS) is 19.5. The molecule has 106 valence electrons. The summed E-state index contributed by atoms with van der Waals surface area (Å²) in [5, 5.41) is 14.4.